The topological polar surface area (TPSA) is 77.5 Å². The third-order valence-electron chi connectivity index (χ3n) is 2.79. The van der Waals surface area contributed by atoms with E-state index < -0.39 is 6.09 Å². The maximum Gasteiger partial charge on any atom is 0.404 e. The molecule has 0 aliphatic heterocycles. The van der Waals surface area contributed by atoms with Gasteiger partial charge in [-0.2, -0.15) is 0 Å². The molecule has 3 N–H and O–H groups in total. The van der Waals surface area contributed by atoms with Crippen molar-refractivity contribution in [3.63, 3.8) is 0 Å². The first-order chi connectivity index (χ1) is 7.77. The Morgan fingerprint density at radius 3 is 3.38 bits per heavy atom. The lowest BCUT2D eigenvalue weighted by Crippen LogP contribution is -2.29. The van der Waals surface area contributed by atoms with Gasteiger partial charge >= 0.3 is 6.09 Å². The summed E-state index contributed by atoms with van der Waals surface area (Å²) in [5.41, 5.74) is 6.09. The largest absolute Gasteiger partial charge is 0.469 e. The van der Waals surface area contributed by atoms with Crippen LogP contribution in [0.4, 0.5) is 4.79 Å². The summed E-state index contributed by atoms with van der Waals surface area (Å²) in [6.45, 7) is 0.914. The Morgan fingerprint density at radius 2 is 2.56 bits per heavy atom. The fourth-order valence-electron chi connectivity index (χ4n) is 2.08. The molecule has 1 aromatic rings. The Hall–Kier alpha value is -1.49. The molecule has 0 radical (unpaired) electrons. The van der Waals surface area contributed by atoms with Crippen LogP contribution in [-0.4, -0.2) is 19.2 Å². The number of nitrogens with one attached hydrogen (secondary N) is 1. The van der Waals surface area contributed by atoms with E-state index in [4.69, 9.17) is 10.2 Å². The summed E-state index contributed by atoms with van der Waals surface area (Å²) in [7, 11) is 0. The molecule has 1 aliphatic carbocycles. The van der Waals surface area contributed by atoms with Crippen molar-refractivity contribution in [3.05, 3.63) is 23.7 Å². The number of primary amides is 1. The average molecular weight is 224 g/mol. The summed E-state index contributed by atoms with van der Waals surface area (Å²) < 4.78 is 10.0. The van der Waals surface area contributed by atoms with Crippen LogP contribution in [0.5, 0.6) is 0 Å². The number of ether oxygens (including phenoxy) is 1. The predicted octanol–water partition coefficient (Wildman–Crippen LogP) is 1.34. The van der Waals surface area contributed by atoms with Gasteiger partial charge in [0.05, 0.1) is 6.26 Å². The van der Waals surface area contributed by atoms with Gasteiger partial charge in [-0.05, 0) is 18.9 Å². The Labute approximate surface area is 93.9 Å². The summed E-state index contributed by atoms with van der Waals surface area (Å²) in [5.74, 6) is 1.07. The third-order valence-corrected chi connectivity index (χ3v) is 2.79. The molecule has 0 aromatic carbocycles. The molecule has 1 heterocycles. The minimum Gasteiger partial charge on any atom is -0.469 e. The zero-order chi connectivity index (χ0) is 11.4. The highest BCUT2D eigenvalue weighted by Gasteiger charge is 2.21. The van der Waals surface area contributed by atoms with Crippen LogP contribution in [0.3, 0.4) is 0 Å². The third kappa shape index (κ3) is 2.55. The van der Waals surface area contributed by atoms with Crippen LogP contribution in [0.1, 0.15) is 30.2 Å². The molecule has 1 unspecified atom stereocenters. The first kappa shape index (κ1) is 11.0. The van der Waals surface area contributed by atoms with Crippen LogP contribution in [0.25, 0.3) is 0 Å². The summed E-state index contributed by atoms with van der Waals surface area (Å²) in [6.07, 6.45) is 4.22. The molecule has 16 heavy (non-hydrogen) atoms. The smallest absolute Gasteiger partial charge is 0.404 e. The highest BCUT2D eigenvalue weighted by molar-refractivity contribution is 5.64. The number of carbonyl (C=O) groups excluding carboxylic acids is 1. The maximum absolute atomic E-state index is 10.4. The molecular formula is C11H16N2O3. The van der Waals surface area contributed by atoms with Crippen molar-refractivity contribution in [2.45, 2.75) is 25.3 Å². The van der Waals surface area contributed by atoms with Crippen molar-refractivity contribution in [2.24, 2.45) is 5.73 Å². The van der Waals surface area contributed by atoms with Gasteiger partial charge in [0.15, 0.2) is 0 Å². The standard InChI is InChI=1S/C11H16N2O3/c12-11(14)16-7-5-13-9-2-1-3-10-8(9)4-6-15-10/h4,6,9,13H,1-3,5,7H2,(H2,12,14). The molecule has 2 rings (SSSR count). The lowest BCUT2D eigenvalue weighted by atomic mass is 9.93. The van der Waals surface area contributed by atoms with E-state index in [0.29, 0.717) is 19.2 Å². The van der Waals surface area contributed by atoms with E-state index in [1.807, 2.05) is 6.07 Å². The number of fused-ring (bicyclic) bond motifs is 1. The van der Waals surface area contributed by atoms with Crippen LogP contribution in [-0.2, 0) is 11.2 Å². The summed E-state index contributed by atoms with van der Waals surface area (Å²) in [5, 5.41) is 3.33. The summed E-state index contributed by atoms with van der Waals surface area (Å²) in [4.78, 5) is 10.4. The summed E-state index contributed by atoms with van der Waals surface area (Å²) >= 11 is 0. The number of hydrogen-bond donors (Lipinski definition) is 2. The van der Waals surface area contributed by atoms with E-state index in [9.17, 15) is 4.79 Å². The van der Waals surface area contributed by atoms with E-state index in [0.717, 1.165) is 25.0 Å². The number of aryl methyl sites for hydroxylation is 1. The van der Waals surface area contributed by atoms with Crippen LogP contribution < -0.4 is 11.1 Å². The van der Waals surface area contributed by atoms with E-state index in [2.05, 4.69) is 10.1 Å². The molecule has 1 aliphatic rings. The number of amides is 1. The minimum atomic E-state index is -0.727. The molecule has 0 bridgehead atoms. The van der Waals surface area contributed by atoms with Crippen LogP contribution >= 0.6 is 0 Å². The van der Waals surface area contributed by atoms with Gasteiger partial charge in [-0.15, -0.1) is 0 Å². The maximum atomic E-state index is 10.4. The average Bonchev–Trinajstić information content (AvgIpc) is 2.72. The Bertz CT molecular complexity index is 362. The number of carbonyl (C=O) groups is 1. The second-order valence-corrected chi connectivity index (χ2v) is 3.87. The number of rotatable bonds is 4. The molecule has 0 saturated carbocycles. The lowest BCUT2D eigenvalue weighted by Gasteiger charge is -2.22. The van der Waals surface area contributed by atoms with Crippen LogP contribution in [0.2, 0.25) is 0 Å². The molecule has 1 amide bonds. The Balaban J connectivity index is 1.81. The van der Waals surface area contributed by atoms with E-state index in [-0.39, 0.29) is 0 Å². The zero-order valence-electron chi connectivity index (χ0n) is 9.07. The van der Waals surface area contributed by atoms with E-state index in [1.165, 1.54) is 5.56 Å². The number of nitrogens with two attached hydrogens (primary N) is 1. The van der Waals surface area contributed by atoms with Crippen molar-refractivity contribution in [3.8, 4) is 0 Å². The highest BCUT2D eigenvalue weighted by Crippen LogP contribution is 2.30. The zero-order valence-corrected chi connectivity index (χ0v) is 9.07. The van der Waals surface area contributed by atoms with Crippen LogP contribution in [0, 0.1) is 0 Å². The lowest BCUT2D eigenvalue weighted by molar-refractivity contribution is 0.155. The molecule has 0 spiro atoms. The molecule has 5 nitrogen and oxygen atoms in total. The second kappa shape index (κ2) is 5.03. The van der Waals surface area contributed by atoms with Gasteiger partial charge in [0.25, 0.3) is 0 Å². The normalized spacial score (nSPS) is 19.1. The number of furan rings is 1. The number of hydrogen-bond acceptors (Lipinski definition) is 4. The molecule has 88 valence electrons. The molecule has 5 heteroatoms. The SMILES string of the molecule is NC(=O)OCCNC1CCCc2occc21. The molecular weight excluding hydrogens is 208 g/mol. The van der Waals surface area contributed by atoms with E-state index in [1.54, 1.807) is 6.26 Å². The van der Waals surface area contributed by atoms with Crippen molar-refractivity contribution < 1.29 is 13.9 Å². The summed E-state index contributed by atoms with van der Waals surface area (Å²) in [6, 6.07) is 2.31. The van der Waals surface area contributed by atoms with Crippen molar-refractivity contribution in [1.82, 2.24) is 5.32 Å². The van der Waals surface area contributed by atoms with Crippen molar-refractivity contribution in [2.75, 3.05) is 13.2 Å². The first-order valence-electron chi connectivity index (χ1n) is 5.49. The monoisotopic (exact) mass is 224 g/mol. The minimum absolute atomic E-state index is 0.305. The second-order valence-electron chi connectivity index (χ2n) is 3.87. The van der Waals surface area contributed by atoms with Gasteiger partial charge in [0, 0.05) is 24.6 Å². The Kier molecular flexibility index (Phi) is 3.46. The van der Waals surface area contributed by atoms with Crippen molar-refractivity contribution in [1.29, 1.82) is 0 Å². The molecule has 1 aromatic heterocycles. The van der Waals surface area contributed by atoms with Gasteiger partial charge in [-0.1, -0.05) is 0 Å². The van der Waals surface area contributed by atoms with Gasteiger partial charge in [0.1, 0.15) is 12.4 Å². The fourth-order valence-corrected chi connectivity index (χ4v) is 2.08. The highest BCUT2D eigenvalue weighted by atomic mass is 16.5. The molecule has 1 atom stereocenters. The van der Waals surface area contributed by atoms with Crippen molar-refractivity contribution >= 4 is 6.09 Å². The van der Waals surface area contributed by atoms with E-state index >= 15 is 0 Å². The van der Waals surface area contributed by atoms with Crippen LogP contribution in [0.15, 0.2) is 16.7 Å². The van der Waals surface area contributed by atoms with Gasteiger partial charge < -0.3 is 20.2 Å². The van der Waals surface area contributed by atoms with Gasteiger partial charge in [-0.25, -0.2) is 4.79 Å². The fraction of sp³-hybridized carbons (Fsp3) is 0.545. The Morgan fingerprint density at radius 1 is 1.69 bits per heavy atom. The molecule has 0 fully saturated rings. The predicted molar refractivity (Wildman–Crippen MR) is 57.9 cm³/mol. The first-order valence-corrected chi connectivity index (χ1v) is 5.49. The molecule has 0 saturated heterocycles. The van der Waals surface area contributed by atoms with Gasteiger partial charge in [-0.3, -0.25) is 0 Å². The quantitative estimate of drug-likeness (QED) is 0.756. The van der Waals surface area contributed by atoms with Gasteiger partial charge in [0.2, 0.25) is 0 Å².